The van der Waals surface area contributed by atoms with Crippen molar-refractivity contribution in [2.75, 3.05) is 7.11 Å². The van der Waals surface area contributed by atoms with E-state index in [2.05, 4.69) is 4.84 Å². The van der Waals surface area contributed by atoms with Gasteiger partial charge in [-0.25, -0.2) is 4.79 Å². The Labute approximate surface area is 69.8 Å². The molecule has 12 heavy (non-hydrogen) atoms. The van der Waals surface area contributed by atoms with Crippen molar-refractivity contribution in [2.45, 2.75) is 0 Å². The van der Waals surface area contributed by atoms with Crippen LogP contribution in [0.5, 0.6) is 5.75 Å². The molecule has 0 saturated heterocycles. The zero-order valence-electron chi connectivity index (χ0n) is 6.61. The van der Waals surface area contributed by atoms with E-state index < -0.39 is 5.97 Å². The smallest absolute Gasteiger partial charge is 0.356 e. The highest BCUT2D eigenvalue weighted by Crippen LogP contribution is 2.11. The summed E-state index contributed by atoms with van der Waals surface area (Å²) in [7, 11) is 1.55. The fourth-order valence-electron chi connectivity index (χ4n) is 0.795. The van der Waals surface area contributed by atoms with Gasteiger partial charge in [0.05, 0.1) is 12.7 Å². The van der Waals surface area contributed by atoms with Gasteiger partial charge < -0.3 is 9.57 Å². The number of carbonyl (C=O) groups is 1. The minimum absolute atomic E-state index is 0.401. The molecule has 0 aliphatic rings. The molecule has 0 amide bonds. The van der Waals surface area contributed by atoms with Crippen LogP contribution in [0.25, 0.3) is 0 Å². The van der Waals surface area contributed by atoms with Crippen molar-refractivity contribution in [3.8, 4) is 5.75 Å². The Morgan fingerprint density at radius 1 is 1.33 bits per heavy atom. The first-order valence-corrected chi connectivity index (χ1v) is 3.33. The number of ether oxygens (including phenoxy) is 1. The molecular weight excluding hydrogens is 158 g/mol. The molecule has 0 aliphatic heterocycles. The van der Waals surface area contributed by atoms with Crippen LogP contribution < -0.4 is 10.6 Å². The second-order valence-corrected chi connectivity index (χ2v) is 2.13. The lowest BCUT2D eigenvalue weighted by atomic mass is 10.2. The first-order chi connectivity index (χ1) is 5.77. The van der Waals surface area contributed by atoms with Gasteiger partial charge in [0.1, 0.15) is 5.75 Å². The van der Waals surface area contributed by atoms with Gasteiger partial charge in [-0.15, -0.1) is 0 Å². The second-order valence-electron chi connectivity index (χ2n) is 2.13. The van der Waals surface area contributed by atoms with Crippen LogP contribution in [-0.2, 0) is 4.84 Å². The van der Waals surface area contributed by atoms with Gasteiger partial charge in [-0.1, -0.05) is 0 Å². The quantitative estimate of drug-likeness (QED) is 0.659. The number of carbonyl (C=O) groups excluding carboxylic acids is 1. The molecule has 0 radical (unpaired) electrons. The maximum atomic E-state index is 10.8. The highest BCUT2D eigenvalue weighted by atomic mass is 16.7. The number of rotatable bonds is 2. The minimum atomic E-state index is -0.558. The molecule has 1 rings (SSSR count). The zero-order chi connectivity index (χ0) is 8.97. The van der Waals surface area contributed by atoms with Gasteiger partial charge >= 0.3 is 5.97 Å². The number of benzene rings is 1. The summed E-state index contributed by atoms with van der Waals surface area (Å²) in [5.74, 6) is 4.82. The van der Waals surface area contributed by atoms with Crippen LogP contribution >= 0.6 is 0 Å². The largest absolute Gasteiger partial charge is 0.497 e. The normalized spacial score (nSPS) is 9.17. The van der Waals surface area contributed by atoms with E-state index in [0.717, 1.165) is 0 Å². The molecule has 0 aliphatic carbocycles. The topological polar surface area (TPSA) is 61.5 Å². The Morgan fingerprint density at radius 2 is 1.92 bits per heavy atom. The Kier molecular flexibility index (Phi) is 2.66. The zero-order valence-corrected chi connectivity index (χ0v) is 6.61. The monoisotopic (exact) mass is 167 g/mol. The molecule has 0 heterocycles. The predicted octanol–water partition coefficient (Wildman–Crippen LogP) is 0.726. The summed E-state index contributed by atoms with van der Waals surface area (Å²) in [6.45, 7) is 0. The molecule has 0 spiro atoms. The molecular formula is C8H9NO3. The van der Waals surface area contributed by atoms with Crippen molar-refractivity contribution in [1.29, 1.82) is 0 Å². The second kappa shape index (κ2) is 3.73. The lowest BCUT2D eigenvalue weighted by Gasteiger charge is -2.00. The Hall–Kier alpha value is -1.55. The summed E-state index contributed by atoms with van der Waals surface area (Å²) in [4.78, 5) is 14.9. The highest BCUT2D eigenvalue weighted by molar-refractivity contribution is 5.89. The van der Waals surface area contributed by atoms with Crippen LogP contribution in [0.1, 0.15) is 10.4 Å². The number of methoxy groups -OCH3 is 1. The summed E-state index contributed by atoms with van der Waals surface area (Å²) >= 11 is 0. The highest BCUT2D eigenvalue weighted by Gasteiger charge is 2.04. The van der Waals surface area contributed by atoms with Gasteiger partial charge in [-0.3, -0.25) is 0 Å². The van der Waals surface area contributed by atoms with Crippen molar-refractivity contribution in [1.82, 2.24) is 0 Å². The molecule has 0 saturated carbocycles. The lowest BCUT2D eigenvalue weighted by molar-refractivity contribution is 0.0503. The van der Waals surface area contributed by atoms with Crippen LogP contribution in [0.15, 0.2) is 24.3 Å². The van der Waals surface area contributed by atoms with Gasteiger partial charge in [-0.2, -0.15) is 5.90 Å². The van der Waals surface area contributed by atoms with Crippen LogP contribution in [0, 0.1) is 0 Å². The standard InChI is InChI=1S/C8H9NO3/c1-11-7-4-2-6(3-5-7)8(10)12-9/h2-5H,9H2,1H3. The fraction of sp³-hybridized carbons (Fsp3) is 0.125. The van der Waals surface area contributed by atoms with E-state index in [-0.39, 0.29) is 0 Å². The van der Waals surface area contributed by atoms with Crippen LogP contribution in [0.2, 0.25) is 0 Å². The van der Waals surface area contributed by atoms with Gasteiger partial charge in [0.15, 0.2) is 0 Å². The van der Waals surface area contributed by atoms with Crippen molar-refractivity contribution >= 4 is 5.97 Å². The fourth-order valence-corrected chi connectivity index (χ4v) is 0.795. The summed E-state index contributed by atoms with van der Waals surface area (Å²) in [6, 6.07) is 6.47. The number of hydrogen-bond acceptors (Lipinski definition) is 4. The van der Waals surface area contributed by atoms with E-state index in [1.807, 2.05) is 0 Å². The number of nitrogens with two attached hydrogens (primary N) is 1. The molecule has 0 unspecified atom stereocenters. The molecule has 0 atom stereocenters. The van der Waals surface area contributed by atoms with Crippen molar-refractivity contribution < 1.29 is 14.4 Å². The van der Waals surface area contributed by atoms with E-state index >= 15 is 0 Å². The van der Waals surface area contributed by atoms with E-state index in [1.165, 1.54) is 0 Å². The molecule has 0 aromatic heterocycles. The summed E-state index contributed by atoms with van der Waals surface area (Å²) < 4.78 is 4.90. The molecule has 4 heteroatoms. The molecule has 0 bridgehead atoms. The van der Waals surface area contributed by atoms with E-state index in [9.17, 15) is 4.79 Å². The maximum Gasteiger partial charge on any atom is 0.356 e. The van der Waals surface area contributed by atoms with E-state index in [0.29, 0.717) is 11.3 Å². The van der Waals surface area contributed by atoms with Crippen LogP contribution in [-0.4, -0.2) is 13.1 Å². The van der Waals surface area contributed by atoms with Gasteiger partial charge in [0.2, 0.25) is 0 Å². The van der Waals surface area contributed by atoms with E-state index in [1.54, 1.807) is 31.4 Å². The van der Waals surface area contributed by atoms with Crippen molar-refractivity contribution in [3.05, 3.63) is 29.8 Å². The third-order valence-corrected chi connectivity index (χ3v) is 1.43. The van der Waals surface area contributed by atoms with Gasteiger partial charge in [0, 0.05) is 0 Å². The lowest BCUT2D eigenvalue weighted by Crippen LogP contribution is -2.09. The average molecular weight is 167 g/mol. The Balaban J connectivity index is 2.84. The third kappa shape index (κ3) is 1.73. The summed E-state index contributed by atoms with van der Waals surface area (Å²) in [5, 5.41) is 0. The molecule has 64 valence electrons. The van der Waals surface area contributed by atoms with Crippen LogP contribution in [0.3, 0.4) is 0 Å². The summed E-state index contributed by atoms with van der Waals surface area (Å²) in [6.07, 6.45) is 0. The van der Waals surface area contributed by atoms with Gasteiger partial charge in [0.25, 0.3) is 0 Å². The molecule has 4 nitrogen and oxygen atoms in total. The van der Waals surface area contributed by atoms with Crippen molar-refractivity contribution in [3.63, 3.8) is 0 Å². The third-order valence-electron chi connectivity index (χ3n) is 1.43. The SMILES string of the molecule is COc1ccc(C(=O)ON)cc1. The molecule has 1 aromatic rings. The maximum absolute atomic E-state index is 10.8. The van der Waals surface area contributed by atoms with Crippen molar-refractivity contribution in [2.24, 2.45) is 5.90 Å². The number of hydrogen-bond donors (Lipinski definition) is 1. The average Bonchev–Trinajstić information content (AvgIpc) is 2.17. The van der Waals surface area contributed by atoms with Gasteiger partial charge in [-0.05, 0) is 24.3 Å². The van der Waals surface area contributed by atoms with Crippen LogP contribution in [0.4, 0.5) is 0 Å². The molecule has 1 aromatic carbocycles. The Morgan fingerprint density at radius 3 is 2.33 bits per heavy atom. The van der Waals surface area contributed by atoms with E-state index in [4.69, 9.17) is 10.6 Å². The predicted molar refractivity (Wildman–Crippen MR) is 42.6 cm³/mol. The first kappa shape index (κ1) is 8.55. The molecule has 2 N–H and O–H groups in total. The minimum Gasteiger partial charge on any atom is -0.497 e. The Bertz CT molecular complexity index is 268. The molecule has 0 fully saturated rings. The first-order valence-electron chi connectivity index (χ1n) is 3.33. The summed E-state index contributed by atoms with van der Waals surface area (Å²) in [5.41, 5.74) is 0.401.